The van der Waals surface area contributed by atoms with Gasteiger partial charge in [-0.05, 0) is 63.3 Å². The van der Waals surface area contributed by atoms with E-state index in [0.717, 1.165) is 63.9 Å². The van der Waals surface area contributed by atoms with Crippen LogP contribution in [0.25, 0.3) is 0 Å². The maximum absolute atomic E-state index is 11.5. The number of carbonyl (C=O) groups is 4. The van der Waals surface area contributed by atoms with E-state index in [1.54, 1.807) is 24.3 Å². The summed E-state index contributed by atoms with van der Waals surface area (Å²) in [5, 5.41) is 8.76. The topological polar surface area (TPSA) is 169 Å². The van der Waals surface area contributed by atoms with Crippen molar-refractivity contribution in [2.24, 2.45) is 0 Å². The largest absolute Gasteiger partial charge is 0.508 e. The summed E-state index contributed by atoms with van der Waals surface area (Å²) in [6.07, 6.45) is 18.7. The number of hydrogen-bond donors (Lipinski definition) is 1. The fraction of sp³-hybridized carbons (Fsp3) is 0.667. The Labute approximate surface area is 378 Å². The molecule has 62 heavy (non-hydrogen) atoms. The van der Waals surface area contributed by atoms with Crippen LogP contribution in [0.3, 0.4) is 0 Å². The Hall–Kier alpha value is -3.88. The van der Waals surface area contributed by atoms with Crippen LogP contribution in [-0.2, 0) is 47.3 Å². The second-order valence-corrected chi connectivity index (χ2v) is 14.7. The molecule has 12 nitrogen and oxygen atoms in total. The molecule has 0 radical (unpaired) electrons. The Balaban J connectivity index is -0.000000367. The SMILES string of the molecule is CC.CCCCCCCCOC(=O)CC(=O)OCCCCCCCC.CCCCOC(=O)CC(=O)OCCCC.CCCP=O.Cc1ccc(O)cc1.O=POc1ccccc1. The highest BCUT2D eigenvalue weighted by Crippen LogP contribution is 2.13. The quantitative estimate of drug-likeness (QED) is 0.0282. The normalized spacial score (nSPS) is 9.61. The molecule has 0 aliphatic heterocycles. The second kappa shape index (κ2) is 55.1. The average molecular weight is 913 g/mol. The number of esters is 4. The first-order chi connectivity index (χ1) is 30.0. The van der Waals surface area contributed by atoms with Gasteiger partial charge >= 0.3 is 32.6 Å². The molecule has 0 unspecified atom stereocenters. The van der Waals surface area contributed by atoms with Gasteiger partial charge in [-0.15, -0.1) is 0 Å². The van der Waals surface area contributed by atoms with Gasteiger partial charge in [0.15, 0.2) is 8.46 Å². The molecular weight excluding hydrogens is 830 g/mol. The summed E-state index contributed by atoms with van der Waals surface area (Å²) in [6.45, 7) is 18.0. The van der Waals surface area contributed by atoms with Crippen LogP contribution in [-0.4, -0.2) is 61.6 Å². The third kappa shape index (κ3) is 56.1. The summed E-state index contributed by atoms with van der Waals surface area (Å²) in [6, 6.07) is 16.1. The van der Waals surface area contributed by atoms with Crippen molar-refractivity contribution in [1.82, 2.24) is 0 Å². The van der Waals surface area contributed by atoms with E-state index in [4.69, 9.17) is 24.1 Å². The molecule has 0 aliphatic carbocycles. The summed E-state index contributed by atoms with van der Waals surface area (Å²) in [5.74, 6) is -0.974. The fourth-order valence-corrected chi connectivity index (χ4v) is 4.79. The highest BCUT2D eigenvalue weighted by atomic mass is 31.1. The number of phenolic OH excluding ortho intramolecular Hbond substituents is 1. The summed E-state index contributed by atoms with van der Waals surface area (Å²) in [5.41, 5.74) is 1.17. The molecule has 14 heteroatoms. The van der Waals surface area contributed by atoms with Crippen LogP contribution in [0, 0.1) is 6.92 Å². The summed E-state index contributed by atoms with van der Waals surface area (Å²) >= 11 is 0. The monoisotopic (exact) mass is 913 g/mol. The number of para-hydroxylation sites is 1. The zero-order valence-electron chi connectivity index (χ0n) is 39.5. The first-order valence-corrected chi connectivity index (χ1v) is 24.5. The average Bonchev–Trinajstić information content (AvgIpc) is 3.26. The predicted molar refractivity (Wildman–Crippen MR) is 251 cm³/mol. The van der Waals surface area contributed by atoms with Crippen molar-refractivity contribution in [1.29, 1.82) is 0 Å². The van der Waals surface area contributed by atoms with Gasteiger partial charge in [0.25, 0.3) is 0 Å². The van der Waals surface area contributed by atoms with Crippen LogP contribution in [0.2, 0.25) is 0 Å². The molecule has 356 valence electrons. The lowest BCUT2D eigenvalue weighted by molar-refractivity contribution is -0.156. The molecule has 0 amide bonds. The van der Waals surface area contributed by atoms with Gasteiger partial charge in [0, 0.05) is 6.16 Å². The van der Waals surface area contributed by atoms with Crippen molar-refractivity contribution in [3.8, 4) is 11.5 Å². The lowest BCUT2D eigenvalue weighted by atomic mass is 10.1. The molecule has 0 bridgehead atoms. The number of unbranched alkanes of at least 4 members (excludes halogenated alkanes) is 12. The van der Waals surface area contributed by atoms with Crippen LogP contribution in [0.5, 0.6) is 11.5 Å². The van der Waals surface area contributed by atoms with Crippen molar-refractivity contribution in [3.63, 3.8) is 0 Å². The van der Waals surface area contributed by atoms with Crippen molar-refractivity contribution in [3.05, 3.63) is 60.2 Å². The molecule has 2 aromatic rings. The molecule has 0 fully saturated rings. The first-order valence-electron chi connectivity index (χ1n) is 22.8. The third-order valence-corrected chi connectivity index (χ3v) is 8.77. The number of aryl methyl sites for hydroxylation is 1. The molecule has 1 N–H and O–H groups in total. The standard InChI is InChI=1S/C19H36O4.C11H20O4.C7H8O.C6H5O2P.C3H7OP.C2H6/c1-3-5-7-9-11-13-15-22-18(20)17-19(21)23-16-14-12-10-8-6-4-2;1-3-5-7-14-10(12)9-11(13)15-8-6-4-2;1-6-2-4-7(8)5-3-6;7-9-8-6-4-2-1-3-5-6;1-2-3-5-4;1-2/h3-17H2,1-2H3;3-9H2,1-2H3;2-5,8H,1H3;1-5H;2-3H2,1H3;1-2H3. The van der Waals surface area contributed by atoms with Gasteiger partial charge in [0.2, 0.25) is 0 Å². The predicted octanol–water partition coefficient (Wildman–Crippen LogP) is 13.9. The summed E-state index contributed by atoms with van der Waals surface area (Å²) < 4.78 is 43.7. The Morgan fingerprint density at radius 1 is 0.484 bits per heavy atom. The second-order valence-electron chi connectivity index (χ2n) is 13.6. The van der Waals surface area contributed by atoms with E-state index >= 15 is 0 Å². The number of ether oxygens (including phenoxy) is 4. The Morgan fingerprint density at radius 3 is 1.15 bits per heavy atom. The van der Waals surface area contributed by atoms with Crippen LogP contribution < -0.4 is 4.52 Å². The van der Waals surface area contributed by atoms with Gasteiger partial charge in [-0.25, -0.2) is 4.57 Å². The lowest BCUT2D eigenvalue weighted by Gasteiger charge is -2.06. The Morgan fingerprint density at radius 2 is 0.839 bits per heavy atom. The van der Waals surface area contributed by atoms with E-state index in [9.17, 15) is 28.3 Å². The zero-order valence-corrected chi connectivity index (χ0v) is 41.3. The molecule has 0 atom stereocenters. The van der Waals surface area contributed by atoms with Gasteiger partial charge in [-0.2, -0.15) is 0 Å². The highest BCUT2D eigenvalue weighted by Gasteiger charge is 2.12. The van der Waals surface area contributed by atoms with Gasteiger partial charge in [-0.3, -0.25) is 23.7 Å². The minimum Gasteiger partial charge on any atom is -0.508 e. The van der Waals surface area contributed by atoms with Gasteiger partial charge in [0.05, 0.1) is 26.4 Å². The summed E-state index contributed by atoms with van der Waals surface area (Å²) in [4.78, 5) is 45.0. The third-order valence-electron chi connectivity index (χ3n) is 7.86. The molecule has 0 spiro atoms. The smallest absolute Gasteiger partial charge is 0.395 e. The number of phenols is 1. The van der Waals surface area contributed by atoms with Gasteiger partial charge in [-0.1, -0.05) is 161 Å². The highest BCUT2D eigenvalue weighted by molar-refractivity contribution is 7.23. The van der Waals surface area contributed by atoms with E-state index < -0.39 is 23.9 Å². The number of aromatic hydroxyl groups is 1. The van der Waals surface area contributed by atoms with Gasteiger partial charge < -0.3 is 28.6 Å². The molecule has 0 saturated heterocycles. The van der Waals surface area contributed by atoms with Crippen molar-refractivity contribution in [2.45, 2.75) is 177 Å². The van der Waals surface area contributed by atoms with E-state index in [-0.39, 0.29) is 30.0 Å². The molecule has 0 aliphatic rings. The fourth-order valence-electron chi connectivity index (χ4n) is 4.40. The Bertz CT molecular complexity index is 1230. The van der Waals surface area contributed by atoms with Crippen LogP contribution >= 0.6 is 17.1 Å². The van der Waals surface area contributed by atoms with Crippen molar-refractivity contribution < 1.29 is 56.9 Å². The number of benzene rings is 2. The van der Waals surface area contributed by atoms with E-state index in [1.807, 2.05) is 71.9 Å². The molecule has 2 rings (SSSR count). The maximum atomic E-state index is 11.5. The van der Waals surface area contributed by atoms with E-state index in [2.05, 4.69) is 18.4 Å². The van der Waals surface area contributed by atoms with Crippen LogP contribution in [0.1, 0.15) is 176 Å². The van der Waals surface area contributed by atoms with Crippen LogP contribution in [0.15, 0.2) is 54.6 Å². The number of carbonyl (C=O) groups excluding carboxylic acids is 4. The molecule has 0 saturated carbocycles. The lowest BCUT2D eigenvalue weighted by Crippen LogP contribution is -2.15. The van der Waals surface area contributed by atoms with E-state index in [0.29, 0.717) is 37.9 Å². The van der Waals surface area contributed by atoms with Gasteiger partial charge in [0.1, 0.15) is 24.3 Å². The first kappa shape index (κ1) is 64.7. The Kier molecular flexibility index (Phi) is 57.6. The number of rotatable bonds is 28. The van der Waals surface area contributed by atoms with Crippen molar-refractivity contribution >= 4 is 41.0 Å². The van der Waals surface area contributed by atoms with E-state index in [1.165, 1.54) is 56.9 Å². The minimum absolute atomic E-state index is 0.258. The molecular formula is C48H82O12P2. The minimum atomic E-state index is -0.495. The maximum Gasteiger partial charge on any atom is 0.395 e. The number of hydrogen-bond acceptors (Lipinski definition) is 12. The zero-order chi connectivity index (χ0) is 47.3. The summed E-state index contributed by atoms with van der Waals surface area (Å²) in [7, 11) is -0.0253. The van der Waals surface area contributed by atoms with Crippen LogP contribution in [0.4, 0.5) is 0 Å². The molecule has 0 heterocycles. The molecule has 2 aromatic carbocycles. The molecule has 0 aromatic heterocycles. The van der Waals surface area contributed by atoms with Crippen molar-refractivity contribution in [2.75, 3.05) is 32.6 Å².